The van der Waals surface area contributed by atoms with Gasteiger partial charge in [0, 0.05) is 36.1 Å². The van der Waals surface area contributed by atoms with Crippen LogP contribution in [0.15, 0.2) is 64.0 Å². The van der Waals surface area contributed by atoms with E-state index in [9.17, 15) is 8.78 Å². The van der Waals surface area contributed by atoms with Crippen LogP contribution >= 0.6 is 0 Å². The summed E-state index contributed by atoms with van der Waals surface area (Å²) >= 11 is 0. The molecular formula is C22H22F2N6O. The van der Waals surface area contributed by atoms with Crippen molar-refractivity contribution in [3.8, 4) is 11.5 Å². The molecule has 0 saturated carbocycles. The zero-order valence-electron chi connectivity index (χ0n) is 17.3. The first-order valence-corrected chi connectivity index (χ1v) is 9.32. The number of halogens is 2. The number of hydrogen-bond acceptors (Lipinski definition) is 6. The number of rotatable bonds is 4. The largest absolute Gasteiger partial charge is 0.454 e. The third-order valence-corrected chi connectivity index (χ3v) is 4.66. The van der Waals surface area contributed by atoms with Crippen LogP contribution in [0.3, 0.4) is 0 Å². The number of ether oxygens (including phenoxy) is 1. The summed E-state index contributed by atoms with van der Waals surface area (Å²) < 4.78 is 33.2. The lowest BCUT2D eigenvalue weighted by Crippen LogP contribution is -2.31. The average molecular weight is 424 g/mol. The standard InChI is InChI=1S/C22H22F2N6O/c1-4-20-18(27)10-19(29-30(20)12(2)28-3)15-9-17(26)13(11-25)7-22(15)31-21-6-5-14(23)8-16(21)24/h4-11,25H,26-27H2,1-3H3/b20-4+,25-11?,28-12-. The minimum absolute atomic E-state index is 0.177. The van der Waals surface area contributed by atoms with E-state index in [1.165, 1.54) is 12.1 Å². The molecule has 0 aliphatic carbocycles. The van der Waals surface area contributed by atoms with Gasteiger partial charge in [0.15, 0.2) is 11.6 Å². The molecule has 0 aromatic heterocycles. The SMILES string of the molecule is C/C=C1\C(N)=CC(c2cc(N)c(C=N)cc2Oc2ccc(F)cc2F)=NN1/C(C)=N\C. The predicted octanol–water partition coefficient (Wildman–Crippen LogP) is 4.15. The van der Waals surface area contributed by atoms with Gasteiger partial charge in [0.05, 0.1) is 17.1 Å². The molecule has 2 aromatic carbocycles. The van der Waals surface area contributed by atoms with Crippen molar-refractivity contribution in [2.75, 3.05) is 12.8 Å². The van der Waals surface area contributed by atoms with Gasteiger partial charge < -0.3 is 21.6 Å². The second kappa shape index (κ2) is 8.78. The fourth-order valence-corrected chi connectivity index (χ4v) is 2.99. The number of aliphatic imine (C=N–C) groups is 1. The molecule has 0 saturated heterocycles. The van der Waals surface area contributed by atoms with Crippen molar-refractivity contribution in [2.45, 2.75) is 13.8 Å². The molecule has 1 aliphatic rings. The van der Waals surface area contributed by atoms with Crippen molar-refractivity contribution in [1.82, 2.24) is 5.01 Å². The van der Waals surface area contributed by atoms with Crippen LogP contribution in [0.4, 0.5) is 14.5 Å². The highest BCUT2D eigenvalue weighted by Gasteiger charge is 2.23. The van der Waals surface area contributed by atoms with Crippen LogP contribution < -0.4 is 16.2 Å². The molecule has 0 radical (unpaired) electrons. The second-order valence-corrected chi connectivity index (χ2v) is 6.64. The molecule has 0 amide bonds. The summed E-state index contributed by atoms with van der Waals surface area (Å²) in [5.41, 5.74) is 14.9. The Morgan fingerprint density at radius 2 is 1.94 bits per heavy atom. The van der Waals surface area contributed by atoms with Crippen LogP contribution in [0, 0.1) is 17.0 Å². The maximum absolute atomic E-state index is 14.2. The van der Waals surface area contributed by atoms with Crippen molar-refractivity contribution >= 4 is 23.4 Å². The fourth-order valence-electron chi connectivity index (χ4n) is 2.99. The van der Waals surface area contributed by atoms with Crippen LogP contribution in [-0.2, 0) is 0 Å². The van der Waals surface area contributed by atoms with Crippen LogP contribution in [0.25, 0.3) is 0 Å². The van der Waals surface area contributed by atoms with E-state index < -0.39 is 11.6 Å². The van der Waals surface area contributed by atoms with E-state index in [0.29, 0.717) is 39.8 Å². The highest BCUT2D eigenvalue weighted by Crippen LogP contribution is 2.33. The maximum atomic E-state index is 14.2. The summed E-state index contributed by atoms with van der Waals surface area (Å²) in [5, 5.41) is 13.8. The molecule has 0 unspecified atom stereocenters. The van der Waals surface area contributed by atoms with Crippen molar-refractivity contribution in [3.63, 3.8) is 0 Å². The van der Waals surface area contributed by atoms with E-state index >= 15 is 0 Å². The van der Waals surface area contributed by atoms with E-state index in [1.54, 1.807) is 37.2 Å². The molecule has 1 aliphatic heterocycles. The fraction of sp³-hybridized carbons (Fsp3) is 0.136. The number of benzene rings is 2. The molecule has 0 atom stereocenters. The molecule has 5 N–H and O–H groups in total. The Kier molecular flexibility index (Phi) is 6.15. The highest BCUT2D eigenvalue weighted by molar-refractivity contribution is 6.13. The third kappa shape index (κ3) is 4.30. The normalized spacial score (nSPS) is 15.6. The zero-order chi connectivity index (χ0) is 22.7. The van der Waals surface area contributed by atoms with E-state index in [2.05, 4.69) is 10.1 Å². The van der Waals surface area contributed by atoms with Crippen LogP contribution in [0.5, 0.6) is 11.5 Å². The number of allylic oxidation sites excluding steroid dienone is 2. The van der Waals surface area contributed by atoms with E-state index in [4.69, 9.17) is 21.6 Å². The van der Waals surface area contributed by atoms with Crippen molar-refractivity contribution in [3.05, 3.63) is 76.6 Å². The molecule has 0 spiro atoms. The van der Waals surface area contributed by atoms with E-state index in [-0.39, 0.29) is 11.5 Å². The molecule has 0 bridgehead atoms. The van der Waals surface area contributed by atoms with Gasteiger partial charge >= 0.3 is 0 Å². The van der Waals surface area contributed by atoms with Gasteiger partial charge in [-0.3, -0.25) is 4.99 Å². The van der Waals surface area contributed by atoms with Gasteiger partial charge in [-0.15, -0.1) is 0 Å². The summed E-state index contributed by atoms with van der Waals surface area (Å²) in [7, 11) is 1.63. The summed E-state index contributed by atoms with van der Waals surface area (Å²) in [4.78, 5) is 4.17. The van der Waals surface area contributed by atoms with E-state index in [0.717, 1.165) is 18.3 Å². The average Bonchev–Trinajstić information content (AvgIpc) is 2.75. The van der Waals surface area contributed by atoms with Crippen LogP contribution in [0.1, 0.15) is 25.0 Å². The maximum Gasteiger partial charge on any atom is 0.168 e. The summed E-state index contributed by atoms with van der Waals surface area (Å²) in [6.07, 6.45) is 4.50. The Morgan fingerprint density at radius 3 is 2.55 bits per heavy atom. The molecule has 3 rings (SSSR count). The smallest absolute Gasteiger partial charge is 0.168 e. The van der Waals surface area contributed by atoms with Crippen LogP contribution in [-0.4, -0.2) is 29.8 Å². The summed E-state index contributed by atoms with van der Waals surface area (Å²) in [6.45, 7) is 3.61. The topological polar surface area (TPSA) is 113 Å². The predicted molar refractivity (Wildman–Crippen MR) is 119 cm³/mol. The quantitative estimate of drug-likeness (QED) is 0.389. The van der Waals surface area contributed by atoms with Gasteiger partial charge in [0.2, 0.25) is 0 Å². The second-order valence-electron chi connectivity index (χ2n) is 6.64. The third-order valence-electron chi connectivity index (χ3n) is 4.66. The molecular weight excluding hydrogens is 402 g/mol. The first-order valence-electron chi connectivity index (χ1n) is 9.32. The van der Waals surface area contributed by atoms with Crippen molar-refractivity contribution < 1.29 is 13.5 Å². The van der Waals surface area contributed by atoms with Crippen molar-refractivity contribution in [2.24, 2.45) is 15.8 Å². The lowest BCUT2D eigenvalue weighted by Gasteiger charge is -2.27. The molecule has 31 heavy (non-hydrogen) atoms. The van der Waals surface area contributed by atoms with Gasteiger partial charge in [-0.25, -0.2) is 13.8 Å². The lowest BCUT2D eigenvalue weighted by atomic mass is 10.0. The molecule has 2 aromatic rings. The number of nitrogen functional groups attached to an aromatic ring is 1. The number of nitrogens with zero attached hydrogens (tertiary/aromatic N) is 3. The minimum atomic E-state index is -0.869. The molecule has 160 valence electrons. The van der Waals surface area contributed by atoms with Gasteiger partial charge in [0.25, 0.3) is 0 Å². The lowest BCUT2D eigenvalue weighted by molar-refractivity contribution is 0.436. The Bertz CT molecular complexity index is 1170. The van der Waals surface area contributed by atoms with Crippen LogP contribution in [0.2, 0.25) is 0 Å². The number of nitrogens with two attached hydrogens (primary N) is 2. The van der Waals surface area contributed by atoms with E-state index in [1.807, 2.05) is 6.92 Å². The summed E-state index contributed by atoms with van der Waals surface area (Å²) in [5.74, 6) is -1.01. The van der Waals surface area contributed by atoms with Gasteiger partial charge in [0.1, 0.15) is 17.4 Å². The Hall–Kier alpha value is -4.01. The minimum Gasteiger partial charge on any atom is -0.454 e. The van der Waals surface area contributed by atoms with Gasteiger partial charge in [-0.1, -0.05) is 6.08 Å². The zero-order valence-corrected chi connectivity index (χ0v) is 17.3. The first-order chi connectivity index (χ1) is 14.8. The Balaban J connectivity index is 2.19. The molecule has 1 heterocycles. The monoisotopic (exact) mass is 424 g/mol. The number of hydrazone groups is 1. The first kappa shape index (κ1) is 21.7. The van der Waals surface area contributed by atoms with Crippen molar-refractivity contribution in [1.29, 1.82) is 5.41 Å². The van der Waals surface area contributed by atoms with Gasteiger partial charge in [-0.05, 0) is 44.2 Å². The van der Waals surface area contributed by atoms with Gasteiger partial charge in [-0.2, -0.15) is 5.10 Å². The Labute approximate surface area is 178 Å². The molecule has 9 heteroatoms. The Morgan fingerprint density at radius 1 is 1.19 bits per heavy atom. The number of anilines is 1. The molecule has 0 fully saturated rings. The number of hydrogen-bond donors (Lipinski definition) is 3. The number of nitrogens with one attached hydrogen (secondary N) is 1. The molecule has 7 nitrogen and oxygen atoms in total. The summed E-state index contributed by atoms with van der Waals surface area (Å²) in [6, 6.07) is 6.05. The number of amidine groups is 1. The highest BCUT2D eigenvalue weighted by atomic mass is 19.1.